The van der Waals surface area contributed by atoms with E-state index in [2.05, 4.69) is 10.3 Å². The van der Waals surface area contributed by atoms with Crippen molar-refractivity contribution in [2.45, 2.75) is 50.6 Å². The third kappa shape index (κ3) is 5.37. The van der Waals surface area contributed by atoms with E-state index in [4.69, 9.17) is 4.74 Å². The molecule has 32 heavy (non-hydrogen) atoms. The average molecular weight is 454 g/mol. The van der Waals surface area contributed by atoms with Gasteiger partial charge >= 0.3 is 5.97 Å². The van der Waals surface area contributed by atoms with E-state index in [0.717, 1.165) is 18.4 Å². The van der Waals surface area contributed by atoms with Gasteiger partial charge in [0, 0.05) is 12.2 Å². The van der Waals surface area contributed by atoms with E-state index in [9.17, 15) is 14.4 Å². The molecule has 1 unspecified atom stereocenters. The zero-order valence-electron chi connectivity index (χ0n) is 18.7. The van der Waals surface area contributed by atoms with Gasteiger partial charge in [0.2, 0.25) is 5.91 Å². The number of aromatic nitrogens is 2. The van der Waals surface area contributed by atoms with Gasteiger partial charge in [0.15, 0.2) is 5.16 Å². The maximum atomic E-state index is 13.2. The topological polar surface area (TPSA) is 90.3 Å². The van der Waals surface area contributed by atoms with Crippen molar-refractivity contribution in [3.63, 3.8) is 0 Å². The van der Waals surface area contributed by atoms with E-state index in [1.54, 1.807) is 29.7 Å². The standard InChI is InChI=1S/C24H27N3O4S/c1-5-6-13-27-22(29)19-12-9-17(23(30)31-4)14-20(19)26-24(27)32-16(3)21(28)25-18-10-7-15(2)8-11-18/h7-12,14,16H,5-6,13H2,1-4H3,(H,25,28). The number of ether oxygens (including phenoxy) is 1. The number of hydrogen-bond donors (Lipinski definition) is 1. The monoisotopic (exact) mass is 453 g/mol. The van der Waals surface area contributed by atoms with Crippen molar-refractivity contribution in [2.24, 2.45) is 0 Å². The Bertz CT molecular complexity index is 1190. The summed E-state index contributed by atoms with van der Waals surface area (Å²) in [7, 11) is 1.30. The predicted molar refractivity (Wildman–Crippen MR) is 127 cm³/mol. The number of carbonyl (C=O) groups excluding carboxylic acids is 2. The van der Waals surface area contributed by atoms with Crippen LogP contribution in [-0.4, -0.2) is 33.8 Å². The Morgan fingerprint density at radius 1 is 1.19 bits per heavy atom. The average Bonchev–Trinajstić information content (AvgIpc) is 2.79. The largest absolute Gasteiger partial charge is 0.465 e. The highest BCUT2D eigenvalue weighted by Crippen LogP contribution is 2.25. The summed E-state index contributed by atoms with van der Waals surface area (Å²) in [6.45, 7) is 6.31. The van der Waals surface area contributed by atoms with Crippen molar-refractivity contribution in [3.8, 4) is 0 Å². The second kappa shape index (κ2) is 10.5. The maximum absolute atomic E-state index is 13.2. The van der Waals surface area contributed by atoms with Crippen molar-refractivity contribution in [1.82, 2.24) is 9.55 Å². The Labute approximate surface area is 191 Å². The maximum Gasteiger partial charge on any atom is 0.337 e. The van der Waals surface area contributed by atoms with Gasteiger partial charge in [0.05, 0.1) is 28.8 Å². The van der Waals surface area contributed by atoms with Gasteiger partial charge in [-0.15, -0.1) is 0 Å². The molecule has 1 N–H and O–H groups in total. The second-order valence-electron chi connectivity index (χ2n) is 7.54. The number of thioether (sulfide) groups is 1. The summed E-state index contributed by atoms with van der Waals surface area (Å²) < 4.78 is 6.39. The van der Waals surface area contributed by atoms with E-state index in [0.29, 0.717) is 33.9 Å². The molecule has 0 bridgehead atoms. The van der Waals surface area contributed by atoms with Crippen LogP contribution >= 0.6 is 11.8 Å². The number of nitrogens with one attached hydrogen (secondary N) is 1. The molecule has 1 amide bonds. The molecule has 0 saturated heterocycles. The quantitative estimate of drug-likeness (QED) is 0.309. The van der Waals surface area contributed by atoms with Crippen LogP contribution in [0.1, 0.15) is 42.6 Å². The third-order valence-corrected chi connectivity index (χ3v) is 6.14. The molecule has 0 fully saturated rings. The Balaban J connectivity index is 1.94. The number of unbranched alkanes of at least 4 members (excludes halogenated alkanes) is 1. The first-order valence-corrected chi connectivity index (χ1v) is 11.4. The minimum absolute atomic E-state index is 0.182. The number of carbonyl (C=O) groups is 2. The van der Waals surface area contributed by atoms with Gasteiger partial charge in [-0.05, 0) is 50.6 Å². The summed E-state index contributed by atoms with van der Waals surface area (Å²) in [6, 6.07) is 12.3. The number of hydrogen-bond acceptors (Lipinski definition) is 6. The fraction of sp³-hybridized carbons (Fsp3) is 0.333. The Morgan fingerprint density at radius 3 is 2.56 bits per heavy atom. The highest BCUT2D eigenvalue weighted by Gasteiger charge is 2.20. The molecule has 0 aliphatic heterocycles. The van der Waals surface area contributed by atoms with Crippen LogP contribution in [0.3, 0.4) is 0 Å². The molecule has 3 rings (SSSR count). The van der Waals surface area contributed by atoms with E-state index in [-0.39, 0.29) is 11.5 Å². The molecule has 0 aliphatic carbocycles. The number of methoxy groups -OCH3 is 1. The molecule has 2 aromatic carbocycles. The smallest absolute Gasteiger partial charge is 0.337 e. The number of aryl methyl sites for hydroxylation is 1. The first kappa shape index (κ1) is 23.5. The lowest BCUT2D eigenvalue weighted by Gasteiger charge is -2.16. The Hall–Kier alpha value is -3.13. The number of benzene rings is 2. The molecule has 0 saturated carbocycles. The van der Waals surface area contributed by atoms with Crippen LogP contribution in [0.4, 0.5) is 5.69 Å². The van der Waals surface area contributed by atoms with Gasteiger partial charge in [-0.25, -0.2) is 9.78 Å². The molecule has 0 radical (unpaired) electrons. The van der Waals surface area contributed by atoms with Crippen LogP contribution in [0.15, 0.2) is 52.4 Å². The number of rotatable bonds is 8. The van der Waals surface area contributed by atoms with Crippen LogP contribution in [0.2, 0.25) is 0 Å². The minimum Gasteiger partial charge on any atom is -0.465 e. The minimum atomic E-state index is -0.496. The molecular weight excluding hydrogens is 426 g/mol. The van der Waals surface area contributed by atoms with Crippen molar-refractivity contribution in [1.29, 1.82) is 0 Å². The Morgan fingerprint density at radius 2 is 1.91 bits per heavy atom. The van der Waals surface area contributed by atoms with E-state index in [1.807, 2.05) is 38.1 Å². The number of nitrogens with zero attached hydrogens (tertiary/aromatic N) is 2. The molecule has 1 aromatic heterocycles. The molecule has 7 nitrogen and oxygen atoms in total. The van der Waals surface area contributed by atoms with Crippen molar-refractivity contribution in [3.05, 3.63) is 63.9 Å². The normalized spacial score (nSPS) is 11.9. The molecule has 8 heteroatoms. The lowest BCUT2D eigenvalue weighted by Crippen LogP contribution is -2.27. The molecule has 1 heterocycles. The number of fused-ring (bicyclic) bond motifs is 1. The first-order valence-electron chi connectivity index (χ1n) is 10.5. The lowest BCUT2D eigenvalue weighted by atomic mass is 10.1. The SMILES string of the molecule is CCCCn1c(SC(C)C(=O)Nc2ccc(C)cc2)nc2cc(C(=O)OC)ccc2c1=O. The summed E-state index contributed by atoms with van der Waals surface area (Å²) >= 11 is 1.22. The third-order valence-electron chi connectivity index (χ3n) is 5.05. The summed E-state index contributed by atoms with van der Waals surface area (Å²) in [6.07, 6.45) is 1.73. The van der Waals surface area contributed by atoms with Crippen LogP contribution in [0.5, 0.6) is 0 Å². The number of esters is 1. The van der Waals surface area contributed by atoms with E-state index in [1.165, 1.54) is 18.9 Å². The van der Waals surface area contributed by atoms with Crippen LogP contribution < -0.4 is 10.9 Å². The number of amides is 1. The number of anilines is 1. The molecular formula is C24H27N3O4S. The Kier molecular flexibility index (Phi) is 7.69. The molecule has 0 aliphatic rings. The van der Waals surface area contributed by atoms with Crippen molar-refractivity contribution >= 4 is 40.2 Å². The second-order valence-corrected chi connectivity index (χ2v) is 8.85. The summed E-state index contributed by atoms with van der Waals surface area (Å²) in [5.74, 6) is -0.678. The molecule has 0 spiro atoms. The van der Waals surface area contributed by atoms with E-state index < -0.39 is 11.2 Å². The fourth-order valence-corrected chi connectivity index (χ4v) is 4.08. The summed E-state index contributed by atoms with van der Waals surface area (Å²) in [4.78, 5) is 42.5. The molecule has 3 aromatic rings. The van der Waals surface area contributed by atoms with E-state index >= 15 is 0 Å². The van der Waals surface area contributed by atoms with Gasteiger partial charge in [0.25, 0.3) is 5.56 Å². The van der Waals surface area contributed by atoms with Crippen LogP contribution in [0.25, 0.3) is 10.9 Å². The molecule has 1 atom stereocenters. The van der Waals surface area contributed by atoms with Crippen molar-refractivity contribution in [2.75, 3.05) is 12.4 Å². The first-order chi connectivity index (χ1) is 15.3. The van der Waals surface area contributed by atoms with Crippen LogP contribution in [-0.2, 0) is 16.1 Å². The van der Waals surface area contributed by atoms with Crippen molar-refractivity contribution < 1.29 is 14.3 Å². The fourth-order valence-electron chi connectivity index (χ4n) is 3.14. The lowest BCUT2D eigenvalue weighted by molar-refractivity contribution is -0.115. The van der Waals surface area contributed by atoms with Gasteiger partial charge in [-0.3, -0.25) is 14.2 Å². The zero-order valence-corrected chi connectivity index (χ0v) is 19.5. The van der Waals surface area contributed by atoms with Gasteiger partial charge in [0.1, 0.15) is 0 Å². The van der Waals surface area contributed by atoms with Crippen LogP contribution in [0, 0.1) is 6.92 Å². The highest BCUT2D eigenvalue weighted by molar-refractivity contribution is 8.00. The highest BCUT2D eigenvalue weighted by atomic mass is 32.2. The molecule has 168 valence electrons. The zero-order chi connectivity index (χ0) is 23.3. The summed E-state index contributed by atoms with van der Waals surface area (Å²) in [5.41, 5.74) is 2.36. The predicted octanol–water partition coefficient (Wildman–Crippen LogP) is 4.41. The summed E-state index contributed by atoms with van der Waals surface area (Å²) in [5, 5.41) is 3.28. The van der Waals surface area contributed by atoms with Gasteiger partial charge in [-0.2, -0.15) is 0 Å². The van der Waals surface area contributed by atoms with Gasteiger partial charge < -0.3 is 10.1 Å². The van der Waals surface area contributed by atoms with Gasteiger partial charge in [-0.1, -0.05) is 42.8 Å².